The van der Waals surface area contributed by atoms with Crippen molar-refractivity contribution in [1.29, 1.82) is 0 Å². The third-order valence-corrected chi connectivity index (χ3v) is 2.06. The zero-order valence-corrected chi connectivity index (χ0v) is 10.8. The summed E-state index contributed by atoms with van der Waals surface area (Å²) in [6.07, 6.45) is 0.195. The van der Waals surface area contributed by atoms with Crippen molar-refractivity contribution in [2.45, 2.75) is 20.0 Å². The smallest absolute Gasteiger partial charge is 0.411 e. The molecule has 2 N–H and O–H groups in total. The standard InChI is InChI=1S/C13H13F2NO4/c1-7(2)20-13(19)16-8-5-10(14)9(11(15)6-8)3-4-12(17)18/h3-7H,1-2H3,(H,16,19)(H,17,18)/b4-3+. The average Bonchev–Trinajstić information content (AvgIpc) is 2.25. The molecule has 0 unspecified atom stereocenters. The normalized spacial score (nSPS) is 10.8. The second-order valence-corrected chi connectivity index (χ2v) is 4.10. The van der Waals surface area contributed by atoms with E-state index in [4.69, 9.17) is 9.84 Å². The van der Waals surface area contributed by atoms with Crippen LogP contribution in [0.2, 0.25) is 0 Å². The Hall–Kier alpha value is -2.44. The lowest BCUT2D eigenvalue weighted by atomic mass is 10.1. The molecule has 0 saturated heterocycles. The first-order chi connectivity index (χ1) is 9.29. The fraction of sp³-hybridized carbons (Fsp3) is 0.231. The van der Waals surface area contributed by atoms with Crippen molar-refractivity contribution >= 4 is 23.8 Å². The first kappa shape index (κ1) is 15.6. The Morgan fingerprint density at radius 1 is 1.30 bits per heavy atom. The van der Waals surface area contributed by atoms with E-state index >= 15 is 0 Å². The maximum Gasteiger partial charge on any atom is 0.411 e. The first-order valence-corrected chi connectivity index (χ1v) is 5.67. The van der Waals surface area contributed by atoms with Crippen molar-refractivity contribution in [3.8, 4) is 0 Å². The molecule has 0 saturated carbocycles. The fourth-order valence-electron chi connectivity index (χ4n) is 1.33. The van der Waals surface area contributed by atoms with E-state index in [1.165, 1.54) is 0 Å². The van der Waals surface area contributed by atoms with Crippen LogP contribution >= 0.6 is 0 Å². The molecule has 5 nitrogen and oxygen atoms in total. The number of anilines is 1. The number of ether oxygens (including phenoxy) is 1. The van der Waals surface area contributed by atoms with Gasteiger partial charge < -0.3 is 9.84 Å². The van der Waals surface area contributed by atoms with Crippen LogP contribution in [0.3, 0.4) is 0 Å². The number of carbonyl (C=O) groups excluding carboxylic acids is 1. The van der Waals surface area contributed by atoms with Crippen molar-refractivity contribution < 1.29 is 28.2 Å². The van der Waals surface area contributed by atoms with Gasteiger partial charge in [0.25, 0.3) is 0 Å². The van der Waals surface area contributed by atoms with Crippen LogP contribution in [0.4, 0.5) is 19.3 Å². The predicted octanol–water partition coefficient (Wildman–Crippen LogP) is 3.02. The Balaban J connectivity index is 2.93. The van der Waals surface area contributed by atoms with Gasteiger partial charge in [-0.25, -0.2) is 18.4 Å². The van der Waals surface area contributed by atoms with Crippen molar-refractivity contribution in [3.63, 3.8) is 0 Å². The lowest BCUT2D eigenvalue weighted by Gasteiger charge is -2.10. The number of hydrogen-bond acceptors (Lipinski definition) is 3. The quantitative estimate of drug-likeness (QED) is 0.834. The second kappa shape index (κ2) is 6.65. The number of amides is 1. The van der Waals surface area contributed by atoms with E-state index in [1.807, 2.05) is 0 Å². The van der Waals surface area contributed by atoms with Crippen molar-refractivity contribution in [1.82, 2.24) is 0 Å². The number of nitrogens with one attached hydrogen (secondary N) is 1. The Labute approximate surface area is 113 Å². The van der Waals surface area contributed by atoms with E-state index in [0.29, 0.717) is 6.08 Å². The van der Waals surface area contributed by atoms with Gasteiger partial charge >= 0.3 is 12.1 Å². The van der Waals surface area contributed by atoms with Crippen LogP contribution in [-0.2, 0) is 9.53 Å². The number of hydrogen-bond donors (Lipinski definition) is 2. The highest BCUT2D eigenvalue weighted by Crippen LogP contribution is 2.20. The van der Waals surface area contributed by atoms with Crippen LogP contribution in [0.15, 0.2) is 18.2 Å². The first-order valence-electron chi connectivity index (χ1n) is 5.67. The van der Waals surface area contributed by atoms with E-state index < -0.39 is 29.3 Å². The van der Waals surface area contributed by atoms with Gasteiger partial charge in [-0.15, -0.1) is 0 Å². The molecule has 0 fully saturated rings. The highest BCUT2D eigenvalue weighted by Gasteiger charge is 2.12. The molecule has 0 aliphatic rings. The molecule has 0 spiro atoms. The SMILES string of the molecule is CC(C)OC(=O)Nc1cc(F)c(/C=C/C(=O)O)c(F)c1. The molecule has 108 valence electrons. The number of carbonyl (C=O) groups is 2. The number of carboxylic acid groups (broad SMARTS) is 1. The zero-order chi connectivity index (χ0) is 15.3. The predicted molar refractivity (Wildman–Crippen MR) is 68.3 cm³/mol. The minimum Gasteiger partial charge on any atom is -0.478 e. The molecular weight excluding hydrogens is 272 g/mol. The van der Waals surface area contributed by atoms with Crippen LogP contribution in [-0.4, -0.2) is 23.3 Å². The van der Waals surface area contributed by atoms with E-state index in [1.54, 1.807) is 13.8 Å². The summed E-state index contributed by atoms with van der Waals surface area (Å²) >= 11 is 0. The summed E-state index contributed by atoms with van der Waals surface area (Å²) in [6, 6.07) is 1.73. The van der Waals surface area contributed by atoms with E-state index in [9.17, 15) is 18.4 Å². The largest absolute Gasteiger partial charge is 0.478 e. The Morgan fingerprint density at radius 2 is 1.85 bits per heavy atom. The third kappa shape index (κ3) is 4.68. The maximum absolute atomic E-state index is 13.6. The van der Waals surface area contributed by atoms with Crippen LogP contribution in [0, 0.1) is 11.6 Å². The lowest BCUT2D eigenvalue weighted by Crippen LogP contribution is -2.18. The zero-order valence-electron chi connectivity index (χ0n) is 10.8. The summed E-state index contributed by atoms with van der Waals surface area (Å²) in [5, 5.41) is 10.6. The summed E-state index contributed by atoms with van der Waals surface area (Å²) in [4.78, 5) is 21.6. The highest BCUT2D eigenvalue weighted by molar-refractivity contribution is 5.86. The molecule has 0 heterocycles. The molecular formula is C13H13F2NO4. The van der Waals surface area contributed by atoms with Crippen LogP contribution < -0.4 is 5.32 Å². The van der Waals surface area contributed by atoms with Crippen molar-refractivity contribution in [2.24, 2.45) is 0 Å². The Bertz CT molecular complexity index is 532. The number of carboxylic acids is 1. The lowest BCUT2D eigenvalue weighted by molar-refractivity contribution is -0.131. The molecule has 0 atom stereocenters. The molecule has 7 heteroatoms. The number of benzene rings is 1. The van der Waals surface area contributed by atoms with Gasteiger partial charge in [0.15, 0.2) is 0 Å². The van der Waals surface area contributed by atoms with Gasteiger partial charge in [-0.2, -0.15) is 0 Å². The molecule has 1 aromatic rings. The van der Waals surface area contributed by atoms with Gasteiger partial charge in [0, 0.05) is 17.3 Å². The summed E-state index contributed by atoms with van der Waals surface area (Å²) in [5.41, 5.74) is -0.631. The minimum atomic E-state index is -1.33. The van der Waals surface area contributed by atoms with Crippen LogP contribution in [0.1, 0.15) is 19.4 Å². The van der Waals surface area contributed by atoms with Gasteiger partial charge in [-0.05, 0) is 32.1 Å². The van der Waals surface area contributed by atoms with Crippen LogP contribution in [0.5, 0.6) is 0 Å². The Kier molecular flexibility index (Phi) is 5.19. The molecule has 0 bridgehead atoms. The van der Waals surface area contributed by atoms with Crippen molar-refractivity contribution in [3.05, 3.63) is 35.4 Å². The number of halogens is 2. The number of aliphatic carboxylic acids is 1. The van der Waals surface area contributed by atoms with Crippen molar-refractivity contribution in [2.75, 3.05) is 5.32 Å². The van der Waals surface area contributed by atoms with Gasteiger partial charge in [0.05, 0.1) is 6.10 Å². The van der Waals surface area contributed by atoms with Gasteiger partial charge in [0.1, 0.15) is 11.6 Å². The van der Waals surface area contributed by atoms with E-state index in [2.05, 4.69) is 5.32 Å². The topological polar surface area (TPSA) is 75.6 Å². The average molecular weight is 285 g/mol. The summed E-state index contributed by atoms with van der Waals surface area (Å²) in [5.74, 6) is -3.32. The summed E-state index contributed by atoms with van der Waals surface area (Å²) < 4.78 is 32.0. The monoisotopic (exact) mass is 285 g/mol. The molecule has 0 aromatic heterocycles. The molecule has 0 aliphatic carbocycles. The number of rotatable bonds is 4. The van der Waals surface area contributed by atoms with E-state index in [0.717, 1.165) is 18.2 Å². The third-order valence-electron chi connectivity index (χ3n) is 2.06. The summed E-state index contributed by atoms with van der Waals surface area (Å²) in [6.45, 7) is 3.25. The van der Waals surface area contributed by atoms with Gasteiger partial charge in [0.2, 0.25) is 0 Å². The highest BCUT2D eigenvalue weighted by atomic mass is 19.1. The second-order valence-electron chi connectivity index (χ2n) is 4.10. The molecule has 0 aliphatic heterocycles. The molecule has 20 heavy (non-hydrogen) atoms. The fourth-order valence-corrected chi connectivity index (χ4v) is 1.33. The minimum absolute atomic E-state index is 0.127. The van der Waals surface area contributed by atoms with E-state index in [-0.39, 0.29) is 11.8 Å². The summed E-state index contributed by atoms with van der Waals surface area (Å²) in [7, 11) is 0. The van der Waals surface area contributed by atoms with Gasteiger partial charge in [-0.3, -0.25) is 5.32 Å². The maximum atomic E-state index is 13.6. The molecule has 1 aromatic carbocycles. The van der Waals surface area contributed by atoms with Gasteiger partial charge in [-0.1, -0.05) is 0 Å². The molecule has 0 radical (unpaired) electrons. The Morgan fingerprint density at radius 3 is 2.30 bits per heavy atom. The molecule has 1 rings (SSSR count). The van der Waals surface area contributed by atoms with Crippen LogP contribution in [0.25, 0.3) is 6.08 Å². The molecule has 1 amide bonds.